The number of benzene rings is 2. The Labute approximate surface area is 164 Å². The van der Waals surface area contributed by atoms with Crippen LogP contribution in [0.3, 0.4) is 0 Å². The molecule has 1 aromatic heterocycles. The van der Waals surface area contributed by atoms with Crippen LogP contribution in [-0.2, 0) is 0 Å². The number of rotatable bonds is 4. The van der Waals surface area contributed by atoms with E-state index in [9.17, 15) is 4.39 Å². The predicted molar refractivity (Wildman–Crippen MR) is 100 cm³/mol. The first-order chi connectivity index (χ1) is 13.0. The van der Waals surface area contributed by atoms with Crippen molar-refractivity contribution in [3.05, 3.63) is 57.8 Å². The fraction of sp³-hybridized carbons (Fsp3) is 0.222. The van der Waals surface area contributed by atoms with Gasteiger partial charge in [0.05, 0.1) is 10.7 Å². The van der Waals surface area contributed by atoms with Crippen LogP contribution in [-0.4, -0.2) is 28.0 Å². The molecule has 2 heterocycles. The van der Waals surface area contributed by atoms with Gasteiger partial charge in [0.1, 0.15) is 24.8 Å². The number of nitrogens with one attached hydrogen (secondary N) is 1. The summed E-state index contributed by atoms with van der Waals surface area (Å²) in [7, 11) is 0. The van der Waals surface area contributed by atoms with Gasteiger partial charge in [0.15, 0.2) is 28.2 Å². The van der Waals surface area contributed by atoms with Gasteiger partial charge in [-0.3, -0.25) is 9.67 Å². The van der Waals surface area contributed by atoms with Crippen LogP contribution in [0.25, 0.3) is 5.69 Å². The van der Waals surface area contributed by atoms with E-state index in [1.807, 2.05) is 18.2 Å². The summed E-state index contributed by atoms with van der Waals surface area (Å²) in [6.45, 7) is 2.81. The molecule has 1 atom stereocenters. The van der Waals surface area contributed by atoms with Gasteiger partial charge in [-0.05, 0) is 49.5 Å². The standard InChI is InChI=1S/C18H15ClFN3O3S/c1-10(26-14-4-2-11(20)8-13(14)19)17-21-22-18(27)23(17)12-3-5-15-16(9-12)25-7-6-24-15/h2-5,8-10H,6-7H2,1H3,(H,22,27). The lowest BCUT2D eigenvalue weighted by atomic mass is 10.2. The summed E-state index contributed by atoms with van der Waals surface area (Å²) in [5, 5.41) is 7.24. The zero-order valence-electron chi connectivity index (χ0n) is 14.2. The second-order valence-corrected chi connectivity index (χ2v) is 6.68. The molecule has 0 bridgehead atoms. The Balaban J connectivity index is 1.68. The number of hydrogen-bond donors (Lipinski definition) is 1. The Morgan fingerprint density at radius 1 is 1.22 bits per heavy atom. The summed E-state index contributed by atoms with van der Waals surface area (Å²) in [5.74, 6) is 1.79. The zero-order valence-corrected chi connectivity index (χ0v) is 15.8. The topological polar surface area (TPSA) is 61.3 Å². The van der Waals surface area contributed by atoms with E-state index >= 15 is 0 Å². The van der Waals surface area contributed by atoms with Crippen molar-refractivity contribution in [2.45, 2.75) is 13.0 Å². The highest BCUT2D eigenvalue weighted by molar-refractivity contribution is 7.71. The average Bonchev–Trinajstić information content (AvgIpc) is 3.05. The molecule has 0 saturated carbocycles. The maximum Gasteiger partial charge on any atom is 0.199 e. The Morgan fingerprint density at radius 3 is 2.78 bits per heavy atom. The number of fused-ring (bicyclic) bond motifs is 1. The lowest BCUT2D eigenvalue weighted by Gasteiger charge is -2.20. The van der Waals surface area contributed by atoms with Crippen LogP contribution < -0.4 is 14.2 Å². The van der Waals surface area contributed by atoms with Gasteiger partial charge in [-0.2, -0.15) is 5.10 Å². The molecule has 9 heteroatoms. The van der Waals surface area contributed by atoms with E-state index in [0.717, 1.165) is 5.69 Å². The van der Waals surface area contributed by atoms with E-state index in [4.69, 9.17) is 38.0 Å². The highest BCUT2D eigenvalue weighted by atomic mass is 35.5. The van der Waals surface area contributed by atoms with Crippen molar-refractivity contribution in [3.8, 4) is 22.9 Å². The number of halogens is 2. The number of ether oxygens (including phenoxy) is 3. The van der Waals surface area contributed by atoms with E-state index in [1.54, 1.807) is 11.5 Å². The molecule has 4 rings (SSSR count). The highest BCUT2D eigenvalue weighted by Crippen LogP contribution is 2.34. The van der Waals surface area contributed by atoms with Crippen LogP contribution in [0.1, 0.15) is 18.9 Å². The van der Waals surface area contributed by atoms with Gasteiger partial charge in [0, 0.05) is 6.07 Å². The molecule has 0 spiro atoms. The van der Waals surface area contributed by atoms with Gasteiger partial charge in [0.2, 0.25) is 0 Å². The van der Waals surface area contributed by atoms with Gasteiger partial charge in [-0.1, -0.05) is 11.6 Å². The van der Waals surface area contributed by atoms with Crippen LogP contribution >= 0.6 is 23.8 Å². The maximum absolute atomic E-state index is 13.2. The van der Waals surface area contributed by atoms with E-state index in [0.29, 0.717) is 41.1 Å². The molecule has 1 aliphatic rings. The van der Waals surface area contributed by atoms with E-state index in [2.05, 4.69) is 10.2 Å². The molecule has 6 nitrogen and oxygen atoms in total. The third-order valence-corrected chi connectivity index (χ3v) is 4.61. The second kappa shape index (κ2) is 7.21. The summed E-state index contributed by atoms with van der Waals surface area (Å²) < 4.78 is 32.4. The number of H-pyrrole nitrogens is 1. The molecule has 0 aliphatic carbocycles. The van der Waals surface area contributed by atoms with Crippen LogP contribution in [0.5, 0.6) is 17.2 Å². The molecule has 1 unspecified atom stereocenters. The van der Waals surface area contributed by atoms with Gasteiger partial charge in [-0.25, -0.2) is 4.39 Å². The molecule has 2 aromatic carbocycles. The molecule has 1 N–H and O–H groups in total. The molecule has 140 valence electrons. The molecule has 3 aromatic rings. The van der Waals surface area contributed by atoms with Crippen molar-refractivity contribution in [2.75, 3.05) is 13.2 Å². The predicted octanol–water partition coefficient (Wildman–Crippen LogP) is 4.63. The van der Waals surface area contributed by atoms with Crippen molar-refractivity contribution in [3.63, 3.8) is 0 Å². The van der Waals surface area contributed by atoms with E-state index < -0.39 is 11.9 Å². The van der Waals surface area contributed by atoms with E-state index in [1.165, 1.54) is 18.2 Å². The van der Waals surface area contributed by atoms with Crippen molar-refractivity contribution < 1.29 is 18.6 Å². The molecule has 0 amide bonds. The number of aromatic amines is 1. The zero-order chi connectivity index (χ0) is 19.0. The fourth-order valence-electron chi connectivity index (χ4n) is 2.82. The molecular formula is C18H15ClFN3O3S. The largest absolute Gasteiger partial charge is 0.486 e. The third-order valence-electron chi connectivity index (χ3n) is 4.04. The van der Waals surface area contributed by atoms with E-state index in [-0.39, 0.29) is 5.02 Å². The minimum atomic E-state index is -0.505. The highest BCUT2D eigenvalue weighted by Gasteiger charge is 2.20. The molecule has 0 radical (unpaired) electrons. The van der Waals surface area contributed by atoms with Gasteiger partial charge < -0.3 is 14.2 Å². The van der Waals surface area contributed by atoms with Gasteiger partial charge in [0.25, 0.3) is 0 Å². The summed E-state index contributed by atoms with van der Waals surface area (Å²) in [4.78, 5) is 0. The van der Waals surface area contributed by atoms with Crippen LogP contribution in [0.4, 0.5) is 4.39 Å². The summed E-state index contributed by atoms with van der Waals surface area (Å²) in [6.07, 6.45) is -0.505. The van der Waals surface area contributed by atoms with Crippen molar-refractivity contribution in [1.82, 2.24) is 14.8 Å². The van der Waals surface area contributed by atoms with Crippen LogP contribution in [0.15, 0.2) is 36.4 Å². The first-order valence-corrected chi connectivity index (χ1v) is 9.00. The third kappa shape index (κ3) is 3.50. The molecule has 0 saturated heterocycles. The van der Waals surface area contributed by atoms with Crippen molar-refractivity contribution in [2.24, 2.45) is 0 Å². The van der Waals surface area contributed by atoms with Crippen LogP contribution in [0.2, 0.25) is 5.02 Å². The smallest absolute Gasteiger partial charge is 0.199 e. The Morgan fingerprint density at radius 2 is 2.00 bits per heavy atom. The minimum Gasteiger partial charge on any atom is -0.486 e. The SMILES string of the molecule is CC(Oc1ccc(F)cc1Cl)c1n[nH]c(=S)n1-c1ccc2c(c1)OCCO2. The minimum absolute atomic E-state index is 0.182. The van der Waals surface area contributed by atoms with Crippen molar-refractivity contribution >= 4 is 23.8 Å². The second-order valence-electron chi connectivity index (χ2n) is 5.89. The Hall–Kier alpha value is -2.58. The summed E-state index contributed by atoms with van der Waals surface area (Å²) >= 11 is 11.4. The Kier molecular flexibility index (Phi) is 4.75. The molecule has 0 fully saturated rings. The Bertz CT molecular complexity index is 1050. The number of hydrogen-bond acceptors (Lipinski definition) is 5. The fourth-order valence-corrected chi connectivity index (χ4v) is 3.27. The average molecular weight is 408 g/mol. The quantitative estimate of drug-likeness (QED) is 0.639. The lowest BCUT2D eigenvalue weighted by Crippen LogP contribution is -2.16. The first kappa shape index (κ1) is 17.8. The van der Waals surface area contributed by atoms with Gasteiger partial charge >= 0.3 is 0 Å². The van der Waals surface area contributed by atoms with Crippen LogP contribution in [0, 0.1) is 10.6 Å². The molecule has 1 aliphatic heterocycles. The number of aromatic nitrogens is 3. The molecule has 27 heavy (non-hydrogen) atoms. The maximum atomic E-state index is 13.2. The van der Waals surface area contributed by atoms with Gasteiger partial charge in [-0.15, -0.1) is 0 Å². The number of nitrogens with zero attached hydrogens (tertiary/aromatic N) is 2. The lowest BCUT2D eigenvalue weighted by molar-refractivity contribution is 0.171. The van der Waals surface area contributed by atoms with Crippen molar-refractivity contribution in [1.29, 1.82) is 0 Å². The molecular weight excluding hydrogens is 393 g/mol. The normalized spacial score (nSPS) is 14.0. The monoisotopic (exact) mass is 407 g/mol. The first-order valence-electron chi connectivity index (χ1n) is 8.22. The summed E-state index contributed by atoms with van der Waals surface area (Å²) in [6, 6.07) is 9.48. The summed E-state index contributed by atoms with van der Waals surface area (Å²) in [5.41, 5.74) is 0.758.